The van der Waals surface area contributed by atoms with E-state index < -0.39 is 0 Å². The predicted molar refractivity (Wildman–Crippen MR) is 72.0 cm³/mol. The molecule has 2 N–H and O–H groups in total. The summed E-state index contributed by atoms with van der Waals surface area (Å²) in [7, 11) is 1.55. The lowest BCUT2D eigenvalue weighted by atomic mass is 10.2. The summed E-state index contributed by atoms with van der Waals surface area (Å²) >= 11 is 0. The van der Waals surface area contributed by atoms with Crippen molar-refractivity contribution in [3.05, 3.63) is 48.5 Å². The molecule has 0 saturated carbocycles. The highest BCUT2D eigenvalue weighted by atomic mass is 19.1. The smallest absolute Gasteiger partial charge is 0.147 e. The molecule has 0 aliphatic heterocycles. The first-order valence-electron chi connectivity index (χ1n) is 5.75. The van der Waals surface area contributed by atoms with Crippen LogP contribution in [0.15, 0.2) is 42.7 Å². The second kappa shape index (κ2) is 4.28. The van der Waals surface area contributed by atoms with Gasteiger partial charge in [-0.1, -0.05) is 0 Å². The zero-order chi connectivity index (χ0) is 13.4. The molecule has 0 bridgehead atoms. The van der Waals surface area contributed by atoms with Crippen LogP contribution in [-0.2, 0) is 0 Å². The number of aromatic nitrogens is 2. The molecule has 96 valence electrons. The van der Waals surface area contributed by atoms with Crippen molar-refractivity contribution < 1.29 is 9.13 Å². The number of rotatable bonds is 2. The standard InChI is InChI=1S/C14H12FN3O/c1-19-10-3-4-11(15)14(7-10)18-8-17-12-6-9(16)2-5-13(12)18/h2-8H,16H2,1H3. The van der Waals surface area contributed by atoms with Crippen molar-refractivity contribution in [3.8, 4) is 11.4 Å². The molecule has 19 heavy (non-hydrogen) atoms. The summed E-state index contributed by atoms with van der Waals surface area (Å²) in [6.45, 7) is 0. The quantitative estimate of drug-likeness (QED) is 0.718. The van der Waals surface area contributed by atoms with E-state index in [0.717, 1.165) is 11.0 Å². The van der Waals surface area contributed by atoms with Crippen LogP contribution in [0.4, 0.5) is 10.1 Å². The second-order valence-electron chi connectivity index (χ2n) is 4.18. The lowest BCUT2D eigenvalue weighted by molar-refractivity contribution is 0.413. The van der Waals surface area contributed by atoms with Gasteiger partial charge in [-0.25, -0.2) is 9.37 Å². The van der Waals surface area contributed by atoms with Gasteiger partial charge in [0.2, 0.25) is 0 Å². The van der Waals surface area contributed by atoms with E-state index in [0.29, 0.717) is 17.1 Å². The molecule has 0 aliphatic carbocycles. The molecule has 3 rings (SSSR count). The van der Waals surface area contributed by atoms with Crippen molar-refractivity contribution in [1.29, 1.82) is 0 Å². The molecule has 0 amide bonds. The van der Waals surface area contributed by atoms with Gasteiger partial charge < -0.3 is 10.5 Å². The second-order valence-corrected chi connectivity index (χ2v) is 4.18. The maximum atomic E-state index is 13.9. The third-order valence-electron chi connectivity index (χ3n) is 2.98. The van der Waals surface area contributed by atoms with Crippen LogP contribution >= 0.6 is 0 Å². The maximum Gasteiger partial charge on any atom is 0.147 e. The normalized spacial score (nSPS) is 10.8. The fraction of sp³-hybridized carbons (Fsp3) is 0.0714. The van der Waals surface area contributed by atoms with Crippen molar-refractivity contribution in [2.75, 3.05) is 12.8 Å². The third kappa shape index (κ3) is 1.89. The van der Waals surface area contributed by atoms with Gasteiger partial charge in [-0.3, -0.25) is 4.57 Å². The Labute approximate surface area is 109 Å². The number of nitrogens with two attached hydrogens (primary N) is 1. The fourth-order valence-electron chi connectivity index (χ4n) is 2.03. The van der Waals surface area contributed by atoms with Crippen molar-refractivity contribution in [2.45, 2.75) is 0 Å². The molecule has 0 atom stereocenters. The van der Waals surface area contributed by atoms with E-state index >= 15 is 0 Å². The number of hydrogen-bond acceptors (Lipinski definition) is 3. The Morgan fingerprint density at radius 3 is 2.84 bits per heavy atom. The Morgan fingerprint density at radius 2 is 2.05 bits per heavy atom. The molecule has 0 spiro atoms. The number of ether oxygens (including phenoxy) is 1. The number of methoxy groups -OCH3 is 1. The third-order valence-corrected chi connectivity index (χ3v) is 2.98. The Bertz CT molecular complexity index is 752. The number of benzene rings is 2. The van der Waals surface area contributed by atoms with Gasteiger partial charge in [0.05, 0.1) is 23.8 Å². The molecule has 0 radical (unpaired) electrons. The monoisotopic (exact) mass is 257 g/mol. The summed E-state index contributed by atoms with van der Waals surface area (Å²) in [6.07, 6.45) is 1.57. The van der Waals surface area contributed by atoms with Crippen molar-refractivity contribution in [2.24, 2.45) is 0 Å². The number of nitrogens with zero attached hydrogens (tertiary/aromatic N) is 2. The minimum atomic E-state index is -0.336. The largest absolute Gasteiger partial charge is 0.497 e. The average molecular weight is 257 g/mol. The molecule has 0 unspecified atom stereocenters. The van der Waals surface area contributed by atoms with E-state index in [4.69, 9.17) is 10.5 Å². The highest BCUT2D eigenvalue weighted by molar-refractivity contribution is 5.80. The number of halogens is 1. The number of anilines is 1. The van der Waals surface area contributed by atoms with Crippen LogP contribution in [-0.4, -0.2) is 16.7 Å². The van der Waals surface area contributed by atoms with Gasteiger partial charge in [-0.2, -0.15) is 0 Å². The van der Waals surface area contributed by atoms with Gasteiger partial charge in [-0.15, -0.1) is 0 Å². The van der Waals surface area contributed by atoms with Gasteiger partial charge in [0.15, 0.2) is 0 Å². The Hall–Kier alpha value is -2.56. The first kappa shape index (κ1) is 11.5. The van der Waals surface area contributed by atoms with Gasteiger partial charge in [0, 0.05) is 11.8 Å². The molecule has 4 nitrogen and oxygen atoms in total. The highest BCUT2D eigenvalue weighted by Gasteiger charge is 2.10. The minimum absolute atomic E-state index is 0.336. The van der Waals surface area contributed by atoms with E-state index in [-0.39, 0.29) is 5.82 Å². The van der Waals surface area contributed by atoms with Crippen LogP contribution in [0.25, 0.3) is 16.7 Å². The van der Waals surface area contributed by atoms with E-state index in [2.05, 4.69) is 4.98 Å². The van der Waals surface area contributed by atoms with Crippen molar-refractivity contribution in [3.63, 3.8) is 0 Å². The van der Waals surface area contributed by atoms with Crippen LogP contribution in [0.5, 0.6) is 5.75 Å². The van der Waals surface area contributed by atoms with E-state index in [1.807, 2.05) is 6.07 Å². The summed E-state index contributed by atoms with van der Waals surface area (Å²) in [4.78, 5) is 4.23. The van der Waals surface area contributed by atoms with Gasteiger partial charge >= 0.3 is 0 Å². The molecule has 5 heteroatoms. The number of fused-ring (bicyclic) bond motifs is 1. The van der Waals surface area contributed by atoms with Crippen LogP contribution in [0.1, 0.15) is 0 Å². The topological polar surface area (TPSA) is 53.1 Å². The zero-order valence-corrected chi connectivity index (χ0v) is 10.3. The molecule has 0 aliphatic rings. The summed E-state index contributed by atoms with van der Waals surface area (Å²) in [5, 5.41) is 0. The molecule has 1 heterocycles. The first-order valence-corrected chi connectivity index (χ1v) is 5.75. The maximum absolute atomic E-state index is 13.9. The van der Waals surface area contributed by atoms with Gasteiger partial charge in [-0.05, 0) is 30.3 Å². The number of imidazole rings is 1. The number of hydrogen-bond donors (Lipinski definition) is 1. The highest BCUT2D eigenvalue weighted by Crippen LogP contribution is 2.25. The molecular weight excluding hydrogens is 245 g/mol. The van der Waals surface area contributed by atoms with Crippen LogP contribution in [0.2, 0.25) is 0 Å². The molecule has 0 fully saturated rings. The first-order chi connectivity index (χ1) is 9.19. The zero-order valence-electron chi connectivity index (χ0n) is 10.3. The molecular formula is C14H12FN3O. The number of nitrogen functional groups attached to an aromatic ring is 1. The van der Waals surface area contributed by atoms with Gasteiger partial charge in [0.25, 0.3) is 0 Å². The molecule has 0 saturated heterocycles. The minimum Gasteiger partial charge on any atom is -0.497 e. The van der Waals surface area contributed by atoms with E-state index in [9.17, 15) is 4.39 Å². The molecule has 1 aromatic heterocycles. The lowest BCUT2D eigenvalue weighted by Crippen LogP contribution is -1.97. The molecule has 2 aromatic carbocycles. The van der Waals surface area contributed by atoms with E-state index in [1.165, 1.54) is 6.07 Å². The Balaban J connectivity index is 2.24. The van der Waals surface area contributed by atoms with Crippen LogP contribution in [0, 0.1) is 5.82 Å². The summed E-state index contributed by atoms with van der Waals surface area (Å²) in [5.74, 6) is 0.255. The summed E-state index contributed by atoms with van der Waals surface area (Å²) in [5.41, 5.74) is 8.24. The SMILES string of the molecule is COc1ccc(F)c(-n2cnc3cc(N)ccc32)c1. The Morgan fingerprint density at radius 1 is 1.21 bits per heavy atom. The summed E-state index contributed by atoms with van der Waals surface area (Å²) in [6, 6.07) is 9.92. The Kier molecular flexibility index (Phi) is 2.59. The van der Waals surface area contributed by atoms with E-state index in [1.54, 1.807) is 42.3 Å². The van der Waals surface area contributed by atoms with Crippen molar-refractivity contribution >= 4 is 16.7 Å². The molecule has 3 aromatic rings. The van der Waals surface area contributed by atoms with Gasteiger partial charge in [0.1, 0.15) is 17.9 Å². The van der Waals surface area contributed by atoms with Crippen LogP contribution < -0.4 is 10.5 Å². The van der Waals surface area contributed by atoms with Crippen LogP contribution in [0.3, 0.4) is 0 Å². The predicted octanol–water partition coefficient (Wildman–Crippen LogP) is 2.76. The average Bonchev–Trinajstić information content (AvgIpc) is 2.82. The summed E-state index contributed by atoms with van der Waals surface area (Å²) < 4.78 is 20.7. The lowest BCUT2D eigenvalue weighted by Gasteiger charge is -2.08. The van der Waals surface area contributed by atoms with Crippen molar-refractivity contribution in [1.82, 2.24) is 9.55 Å². The fourth-order valence-corrected chi connectivity index (χ4v) is 2.03.